The molecule has 120 valence electrons. The number of likely N-dealkylation sites (tertiary alicyclic amines) is 1. The summed E-state index contributed by atoms with van der Waals surface area (Å²) in [6, 6.07) is 6.30. The lowest BCUT2D eigenvalue weighted by molar-refractivity contribution is 0.0218. The number of Topliss-reactive ketones (excluding diaryl/α,β-unsaturated/α-hetero) is 1. The fourth-order valence-electron chi connectivity index (χ4n) is 2.62. The number of amides is 1. The molecular weight excluding hydrogens is 302 g/mol. The summed E-state index contributed by atoms with van der Waals surface area (Å²) in [5.41, 5.74) is -0.00592. The molecule has 1 aliphatic heterocycles. The van der Waals surface area contributed by atoms with E-state index >= 15 is 0 Å². The molecule has 0 saturated carbocycles. The van der Waals surface area contributed by atoms with E-state index in [2.05, 4.69) is 0 Å². The Morgan fingerprint density at radius 2 is 1.82 bits per heavy atom. The van der Waals surface area contributed by atoms with Crippen molar-refractivity contribution in [2.75, 3.05) is 6.54 Å². The molecular formula is C17H22ClNO3. The highest BCUT2D eigenvalue weighted by molar-refractivity contribution is 6.30. The summed E-state index contributed by atoms with van der Waals surface area (Å²) in [4.78, 5) is 26.6. The van der Waals surface area contributed by atoms with Crippen LogP contribution in [0.5, 0.6) is 0 Å². The third kappa shape index (κ3) is 4.01. The van der Waals surface area contributed by atoms with Crippen LogP contribution in [0.25, 0.3) is 0 Å². The number of ether oxygens (including phenoxy) is 1. The van der Waals surface area contributed by atoms with Crippen LogP contribution in [0.15, 0.2) is 24.3 Å². The van der Waals surface area contributed by atoms with Crippen molar-refractivity contribution in [3.63, 3.8) is 0 Å². The maximum atomic E-state index is 12.7. The molecule has 1 amide bonds. The van der Waals surface area contributed by atoms with Crippen LogP contribution in [0, 0.1) is 5.92 Å². The van der Waals surface area contributed by atoms with Gasteiger partial charge in [0.15, 0.2) is 5.78 Å². The third-order valence-corrected chi connectivity index (χ3v) is 3.82. The quantitative estimate of drug-likeness (QED) is 0.767. The molecule has 1 saturated heterocycles. The lowest BCUT2D eigenvalue weighted by Crippen LogP contribution is -2.43. The zero-order valence-corrected chi connectivity index (χ0v) is 14.2. The molecule has 0 aromatic heterocycles. The van der Waals surface area contributed by atoms with Gasteiger partial charge in [0.2, 0.25) is 0 Å². The minimum absolute atomic E-state index is 0.0631. The van der Waals surface area contributed by atoms with Gasteiger partial charge in [-0.25, -0.2) is 4.79 Å². The van der Waals surface area contributed by atoms with Gasteiger partial charge in [0.1, 0.15) is 5.60 Å². The number of ketones is 1. The molecule has 2 rings (SSSR count). The monoisotopic (exact) mass is 323 g/mol. The summed E-state index contributed by atoms with van der Waals surface area (Å²) >= 11 is 5.86. The van der Waals surface area contributed by atoms with E-state index < -0.39 is 17.7 Å². The van der Waals surface area contributed by atoms with E-state index in [0.717, 1.165) is 0 Å². The predicted octanol–water partition coefficient (Wildman–Crippen LogP) is 4.17. The van der Waals surface area contributed by atoms with Gasteiger partial charge in [-0.1, -0.05) is 18.5 Å². The molecule has 0 aliphatic carbocycles. The average molecular weight is 324 g/mol. The lowest BCUT2D eigenvalue weighted by atomic mass is 9.99. The molecule has 1 heterocycles. The predicted molar refractivity (Wildman–Crippen MR) is 86.3 cm³/mol. The summed E-state index contributed by atoms with van der Waals surface area (Å²) in [6.45, 7) is 8.03. The molecule has 1 aromatic rings. The highest BCUT2D eigenvalue weighted by Crippen LogP contribution is 2.28. The second kappa shape index (κ2) is 6.29. The maximum Gasteiger partial charge on any atom is 0.410 e. The van der Waals surface area contributed by atoms with Crippen LogP contribution in [0.4, 0.5) is 4.79 Å². The van der Waals surface area contributed by atoms with Crippen LogP contribution in [-0.4, -0.2) is 35.0 Å². The molecule has 1 aromatic carbocycles. The van der Waals surface area contributed by atoms with Crippen LogP contribution >= 0.6 is 11.6 Å². The molecule has 22 heavy (non-hydrogen) atoms. The average Bonchev–Trinajstić information content (AvgIpc) is 2.79. The Balaban J connectivity index is 2.18. The topological polar surface area (TPSA) is 46.6 Å². The number of hydrogen-bond donors (Lipinski definition) is 0. The molecule has 0 N–H and O–H groups in total. The van der Waals surface area contributed by atoms with Crippen molar-refractivity contribution >= 4 is 23.5 Å². The summed E-state index contributed by atoms with van der Waals surface area (Å²) < 4.78 is 5.42. The maximum absolute atomic E-state index is 12.7. The molecule has 4 nitrogen and oxygen atoms in total. The highest BCUT2D eigenvalue weighted by Gasteiger charge is 2.39. The van der Waals surface area contributed by atoms with Crippen LogP contribution in [-0.2, 0) is 4.74 Å². The molecule has 1 aliphatic rings. The van der Waals surface area contributed by atoms with E-state index in [1.807, 2.05) is 27.7 Å². The normalized spacial score (nSPS) is 21.8. The molecule has 0 spiro atoms. The fourth-order valence-corrected chi connectivity index (χ4v) is 2.75. The molecule has 2 atom stereocenters. The van der Waals surface area contributed by atoms with Crippen LogP contribution in [0.2, 0.25) is 5.02 Å². The van der Waals surface area contributed by atoms with Gasteiger partial charge in [-0.05, 0) is 57.4 Å². The first kappa shape index (κ1) is 16.8. The van der Waals surface area contributed by atoms with Crippen LogP contribution < -0.4 is 0 Å². The molecule has 0 radical (unpaired) electrons. The van der Waals surface area contributed by atoms with Crippen molar-refractivity contribution in [1.82, 2.24) is 4.90 Å². The minimum Gasteiger partial charge on any atom is -0.444 e. The van der Waals surface area contributed by atoms with Crippen LogP contribution in [0.1, 0.15) is 44.5 Å². The molecule has 5 heteroatoms. The zero-order chi connectivity index (χ0) is 16.5. The zero-order valence-electron chi connectivity index (χ0n) is 13.4. The van der Waals surface area contributed by atoms with Crippen molar-refractivity contribution in [2.45, 2.75) is 45.8 Å². The minimum atomic E-state index is -0.573. The lowest BCUT2D eigenvalue weighted by Gasteiger charge is -2.28. The Hall–Kier alpha value is -1.55. The SMILES string of the molecule is C[C@H]1C[C@H](C(=O)c2ccc(Cl)cc2)N(C(=O)OC(C)(C)C)C1. The van der Waals surface area contributed by atoms with Gasteiger partial charge in [0.05, 0.1) is 6.04 Å². The molecule has 0 unspecified atom stereocenters. The van der Waals surface area contributed by atoms with E-state index in [4.69, 9.17) is 16.3 Å². The first-order valence-electron chi connectivity index (χ1n) is 7.47. The Morgan fingerprint density at radius 1 is 1.23 bits per heavy atom. The summed E-state index contributed by atoms with van der Waals surface area (Å²) in [7, 11) is 0. The van der Waals surface area contributed by atoms with Gasteiger partial charge < -0.3 is 4.74 Å². The van der Waals surface area contributed by atoms with Crippen molar-refractivity contribution in [1.29, 1.82) is 0 Å². The fraction of sp³-hybridized carbons (Fsp3) is 0.529. The van der Waals surface area contributed by atoms with Gasteiger partial charge in [0, 0.05) is 17.1 Å². The number of hydrogen-bond acceptors (Lipinski definition) is 3. The number of carbonyl (C=O) groups is 2. The van der Waals surface area contributed by atoms with Gasteiger partial charge in [-0.3, -0.25) is 9.69 Å². The van der Waals surface area contributed by atoms with E-state index in [0.29, 0.717) is 23.6 Å². The Morgan fingerprint density at radius 3 is 2.36 bits per heavy atom. The molecule has 1 fully saturated rings. The number of rotatable bonds is 2. The van der Waals surface area contributed by atoms with E-state index in [-0.39, 0.29) is 11.7 Å². The highest BCUT2D eigenvalue weighted by atomic mass is 35.5. The summed E-state index contributed by atoms with van der Waals surface area (Å²) in [5, 5.41) is 0.584. The Labute approximate surface area is 136 Å². The standard InChI is InChI=1S/C17H22ClNO3/c1-11-9-14(15(20)12-5-7-13(18)8-6-12)19(10-11)16(21)22-17(2,3)4/h5-8,11,14H,9-10H2,1-4H3/t11-,14+/m0/s1. The first-order valence-corrected chi connectivity index (χ1v) is 7.84. The van der Waals surface area contributed by atoms with Gasteiger partial charge in [0.25, 0.3) is 0 Å². The second-order valence-electron chi connectivity index (χ2n) is 6.86. The molecule has 0 bridgehead atoms. The number of halogens is 1. The number of carbonyl (C=O) groups excluding carboxylic acids is 2. The number of nitrogens with zero attached hydrogens (tertiary/aromatic N) is 1. The van der Waals surface area contributed by atoms with Crippen molar-refractivity contribution < 1.29 is 14.3 Å². The second-order valence-corrected chi connectivity index (χ2v) is 7.30. The third-order valence-electron chi connectivity index (χ3n) is 3.57. The van der Waals surface area contributed by atoms with Crippen molar-refractivity contribution in [2.24, 2.45) is 5.92 Å². The van der Waals surface area contributed by atoms with E-state index in [1.54, 1.807) is 29.2 Å². The van der Waals surface area contributed by atoms with Crippen LogP contribution in [0.3, 0.4) is 0 Å². The van der Waals surface area contributed by atoms with Gasteiger partial charge >= 0.3 is 6.09 Å². The van der Waals surface area contributed by atoms with Gasteiger partial charge in [-0.2, -0.15) is 0 Å². The largest absolute Gasteiger partial charge is 0.444 e. The smallest absolute Gasteiger partial charge is 0.410 e. The Kier molecular flexibility index (Phi) is 4.81. The number of benzene rings is 1. The van der Waals surface area contributed by atoms with E-state index in [1.165, 1.54) is 0 Å². The Bertz CT molecular complexity index is 562. The first-order chi connectivity index (χ1) is 10.2. The van der Waals surface area contributed by atoms with Crippen molar-refractivity contribution in [3.8, 4) is 0 Å². The van der Waals surface area contributed by atoms with Gasteiger partial charge in [-0.15, -0.1) is 0 Å². The summed E-state index contributed by atoms with van der Waals surface area (Å²) in [6.07, 6.45) is 0.227. The summed E-state index contributed by atoms with van der Waals surface area (Å²) in [5.74, 6) is 0.209. The van der Waals surface area contributed by atoms with Crippen molar-refractivity contribution in [3.05, 3.63) is 34.9 Å². The van der Waals surface area contributed by atoms with E-state index in [9.17, 15) is 9.59 Å².